The largest absolute Gasteiger partial charge is 0.756 e. The van der Waals surface area contributed by atoms with E-state index in [9.17, 15) is 19.4 Å². The number of phosphoric acid groups is 1. The number of quaternary nitrogens is 1. The van der Waals surface area contributed by atoms with Crippen molar-refractivity contribution >= 4 is 13.7 Å². The molecule has 0 aromatic carbocycles. The van der Waals surface area contributed by atoms with E-state index in [-0.39, 0.29) is 19.1 Å². The minimum atomic E-state index is -4.57. The molecule has 0 saturated heterocycles. The molecule has 3 atom stereocenters. The van der Waals surface area contributed by atoms with Gasteiger partial charge in [0.2, 0.25) is 5.91 Å². The second-order valence-electron chi connectivity index (χ2n) is 21.7. The van der Waals surface area contributed by atoms with Crippen molar-refractivity contribution in [2.75, 3.05) is 40.9 Å². The molecule has 0 fully saturated rings. The summed E-state index contributed by atoms with van der Waals surface area (Å²) in [7, 11) is 1.33. The van der Waals surface area contributed by atoms with Crippen LogP contribution in [-0.4, -0.2) is 68.5 Å². The maximum absolute atomic E-state index is 13.0. The summed E-state index contributed by atoms with van der Waals surface area (Å²) in [5, 5.41) is 14.0. The van der Waals surface area contributed by atoms with Gasteiger partial charge in [0.05, 0.1) is 39.9 Å². The van der Waals surface area contributed by atoms with Crippen LogP contribution < -0.4 is 10.2 Å². The average molecular weight is 958 g/mol. The number of likely N-dealkylation sites (N-methyl/N-ethyl adjacent to an activating group) is 1. The highest BCUT2D eigenvalue weighted by atomic mass is 31.2. The maximum Gasteiger partial charge on any atom is 0.268 e. The molecule has 2 N–H and O–H groups in total. The second-order valence-corrected chi connectivity index (χ2v) is 23.1. The third-order valence-electron chi connectivity index (χ3n) is 13.8. The third kappa shape index (κ3) is 51.4. The Morgan fingerprint density at radius 2 is 0.742 bits per heavy atom. The maximum atomic E-state index is 13.0. The van der Waals surface area contributed by atoms with Crippen LogP contribution in [0.2, 0.25) is 0 Å². The quantitative estimate of drug-likeness (QED) is 0.0357. The van der Waals surface area contributed by atoms with Gasteiger partial charge in [-0.15, -0.1) is 0 Å². The summed E-state index contributed by atoms with van der Waals surface area (Å²) >= 11 is 0. The lowest BCUT2D eigenvalue weighted by Gasteiger charge is -2.30. The van der Waals surface area contributed by atoms with Crippen LogP contribution in [0.1, 0.15) is 309 Å². The molecule has 0 aromatic heterocycles. The molecule has 8 nitrogen and oxygen atoms in total. The Kier molecular flexibility index (Phi) is 49.1. The topological polar surface area (TPSA) is 108 Å². The predicted octanol–water partition coefficient (Wildman–Crippen LogP) is 17.0. The first kappa shape index (κ1) is 65.5. The molecule has 0 aliphatic heterocycles. The standard InChI is InChI=1S/C57H117N2O6P/c1-6-8-10-12-14-16-18-20-22-24-26-27-28-29-30-31-32-33-34-36-38-40-42-44-46-48-50-56(60)55(54-65-66(62,63)64-53-52-59(3,4)5)58-57(61)51-49-47-45-43-41-39-37-35-25-23-21-19-17-15-13-11-9-7-2/h55-56,60H,6-54H2,1-5H3,(H-,58,61,62,63). The number of aliphatic hydroxyl groups is 1. The Balaban J connectivity index is 4.09. The first-order chi connectivity index (χ1) is 32.0. The molecular formula is C57H117N2O6P. The normalized spacial score (nSPS) is 13.9. The van der Waals surface area contributed by atoms with Gasteiger partial charge in [-0.25, -0.2) is 0 Å². The molecule has 0 rings (SSSR count). The van der Waals surface area contributed by atoms with Crippen LogP contribution >= 0.6 is 7.82 Å². The predicted molar refractivity (Wildman–Crippen MR) is 284 cm³/mol. The molecule has 0 radical (unpaired) electrons. The van der Waals surface area contributed by atoms with E-state index in [0.717, 1.165) is 38.5 Å². The molecule has 1 amide bonds. The Hall–Kier alpha value is -0.500. The molecule has 0 bridgehead atoms. The van der Waals surface area contributed by atoms with Crippen molar-refractivity contribution in [3.05, 3.63) is 0 Å². The number of phosphoric ester groups is 1. The van der Waals surface area contributed by atoms with Gasteiger partial charge < -0.3 is 28.8 Å². The first-order valence-corrected chi connectivity index (χ1v) is 30.8. The van der Waals surface area contributed by atoms with Gasteiger partial charge in [-0.05, 0) is 12.8 Å². The van der Waals surface area contributed by atoms with Crippen LogP contribution in [0.15, 0.2) is 0 Å². The Labute approximate surface area is 412 Å². The fourth-order valence-corrected chi connectivity index (χ4v) is 9.94. The van der Waals surface area contributed by atoms with Crippen LogP contribution in [0, 0.1) is 0 Å². The van der Waals surface area contributed by atoms with E-state index < -0.39 is 20.0 Å². The van der Waals surface area contributed by atoms with Crippen molar-refractivity contribution < 1.29 is 32.9 Å². The number of carbonyl (C=O) groups excluding carboxylic acids is 1. The average Bonchev–Trinajstić information content (AvgIpc) is 3.28. The number of hydrogen-bond acceptors (Lipinski definition) is 6. The number of amides is 1. The van der Waals surface area contributed by atoms with E-state index in [1.807, 2.05) is 21.1 Å². The summed E-state index contributed by atoms with van der Waals surface area (Å²) in [6.07, 6.45) is 58.5. The smallest absolute Gasteiger partial charge is 0.268 e. The van der Waals surface area contributed by atoms with Gasteiger partial charge in [0.15, 0.2) is 0 Å². The lowest BCUT2D eigenvalue weighted by molar-refractivity contribution is -0.870. The number of hydrogen-bond donors (Lipinski definition) is 2. The number of nitrogens with zero attached hydrogens (tertiary/aromatic N) is 1. The number of carbonyl (C=O) groups is 1. The molecule has 0 spiro atoms. The van der Waals surface area contributed by atoms with Gasteiger partial charge in [0, 0.05) is 6.42 Å². The monoisotopic (exact) mass is 957 g/mol. The molecule has 0 aliphatic carbocycles. The van der Waals surface area contributed by atoms with Gasteiger partial charge >= 0.3 is 0 Å². The summed E-state index contributed by atoms with van der Waals surface area (Å²) in [6.45, 7) is 4.78. The second kappa shape index (κ2) is 49.5. The van der Waals surface area contributed by atoms with Crippen LogP contribution in [0.5, 0.6) is 0 Å². The highest BCUT2D eigenvalue weighted by Crippen LogP contribution is 2.38. The minimum Gasteiger partial charge on any atom is -0.756 e. The van der Waals surface area contributed by atoms with Crippen LogP contribution in [0.4, 0.5) is 0 Å². The van der Waals surface area contributed by atoms with Gasteiger partial charge in [-0.1, -0.05) is 290 Å². The van der Waals surface area contributed by atoms with Crippen LogP contribution in [-0.2, 0) is 18.4 Å². The number of nitrogens with one attached hydrogen (secondary N) is 1. The van der Waals surface area contributed by atoms with E-state index >= 15 is 0 Å². The third-order valence-corrected chi connectivity index (χ3v) is 14.8. The molecule has 0 aliphatic rings. The van der Waals surface area contributed by atoms with Crippen molar-refractivity contribution in [2.24, 2.45) is 0 Å². The summed E-state index contributed by atoms with van der Waals surface area (Å²) in [5.41, 5.74) is 0. The SMILES string of the molecule is CCCCCCCCCCCCCCCCCCCCCCCCCCCCC(O)C(COP(=O)([O-])OCC[N+](C)(C)C)NC(=O)CCCCCCCCCCCCCCCCCCCC. The number of rotatable bonds is 55. The summed E-state index contributed by atoms with van der Waals surface area (Å²) < 4.78 is 23.4. The fourth-order valence-electron chi connectivity index (χ4n) is 9.22. The fraction of sp³-hybridized carbons (Fsp3) is 0.982. The van der Waals surface area contributed by atoms with Crippen molar-refractivity contribution in [2.45, 2.75) is 321 Å². The van der Waals surface area contributed by atoms with Gasteiger partial charge in [-0.3, -0.25) is 9.36 Å². The van der Waals surface area contributed by atoms with Gasteiger partial charge in [-0.2, -0.15) is 0 Å². The summed E-state index contributed by atoms with van der Waals surface area (Å²) in [5.74, 6) is -0.157. The number of aliphatic hydroxyl groups excluding tert-OH is 1. The van der Waals surface area contributed by atoms with Crippen molar-refractivity contribution in [3.8, 4) is 0 Å². The minimum absolute atomic E-state index is 0.0167. The van der Waals surface area contributed by atoms with Gasteiger partial charge in [0.25, 0.3) is 7.82 Å². The zero-order chi connectivity index (χ0) is 48.5. The van der Waals surface area contributed by atoms with Gasteiger partial charge in [0.1, 0.15) is 13.2 Å². The van der Waals surface area contributed by atoms with Crippen LogP contribution in [0.25, 0.3) is 0 Å². The molecule has 0 aromatic rings. The Morgan fingerprint density at radius 1 is 0.470 bits per heavy atom. The molecule has 3 unspecified atom stereocenters. The molecule has 0 saturated carbocycles. The van der Waals surface area contributed by atoms with Crippen molar-refractivity contribution in [3.63, 3.8) is 0 Å². The molecule has 396 valence electrons. The summed E-state index contributed by atoms with van der Waals surface area (Å²) in [6, 6.07) is -0.795. The molecule has 66 heavy (non-hydrogen) atoms. The summed E-state index contributed by atoms with van der Waals surface area (Å²) in [4.78, 5) is 25.5. The van der Waals surface area contributed by atoms with E-state index in [1.165, 1.54) is 244 Å². The lowest BCUT2D eigenvalue weighted by Crippen LogP contribution is -2.46. The Bertz CT molecular complexity index is 1040. The van der Waals surface area contributed by atoms with E-state index in [0.29, 0.717) is 23.9 Å². The number of unbranched alkanes of at least 4 members (excludes halogenated alkanes) is 42. The van der Waals surface area contributed by atoms with Crippen molar-refractivity contribution in [1.29, 1.82) is 0 Å². The molecular weight excluding hydrogens is 840 g/mol. The lowest BCUT2D eigenvalue weighted by atomic mass is 10.0. The van der Waals surface area contributed by atoms with Crippen molar-refractivity contribution in [1.82, 2.24) is 5.32 Å². The first-order valence-electron chi connectivity index (χ1n) is 29.4. The molecule has 9 heteroatoms. The zero-order valence-corrected chi connectivity index (χ0v) is 46.1. The highest BCUT2D eigenvalue weighted by molar-refractivity contribution is 7.45. The van der Waals surface area contributed by atoms with E-state index in [4.69, 9.17) is 9.05 Å². The highest BCUT2D eigenvalue weighted by Gasteiger charge is 2.24. The van der Waals surface area contributed by atoms with E-state index in [1.54, 1.807) is 0 Å². The zero-order valence-electron chi connectivity index (χ0n) is 45.2. The van der Waals surface area contributed by atoms with Crippen LogP contribution in [0.3, 0.4) is 0 Å². The molecule has 0 heterocycles. The Morgan fingerprint density at radius 3 is 1.03 bits per heavy atom. The van der Waals surface area contributed by atoms with E-state index in [2.05, 4.69) is 19.2 Å².